The first-order valence-electron chi connectivity index (χ1n) is 9.24. The highest BCUT2D eigenvalue weighted by molar-refractivity contribution is 5.83. The van der Waals surface area contributed by atoms with Gasteiger partial charge in [0.15, 0.2) is 6.23 Å². The number of hydrogen-bond acceptors (Lipinski definition) is 9. The molecule has 1 aliphatic heterocycles. The maximum absolute atomic E-state index is 12.7. The van der Waals surface area contributed by atoms with Gasteiger partial charge in [-0.1, -0.05) is 0 Å². The molecule has 0 saturated carbocycles. The van der Waals surface area contributed by atoms with Crippen molar-refractivity contribution in [1.82, 2.24) is 14.8 Å². The number of aliphatic hydroxyl groups is 1. The lowest BCUT2D eigenvalue weighted by Gasteiger charge is -2.15. The molecular weight excluding hydrogens is 384 g/mol. The van der Waals surface area contributed by atoms with Crippen LogP contribution in [0.2, 0.25) is 0 Å². The van der Waals surface area contributed by atoms with E-state index in [1.165, 1.54) is 13.8 Å². The molecule has 0 radical (unpaired) electrons. The zero-order valence-electron chi connectivity index (χ0n) is 16.2. The van der Waals surface area contributed by atoms with Crippen LogP contribution in [0, 0.1) is 0 Å². The zero-order chi connectivity index (χ0) is 21.1. The number of pyridine rings is 1. The van der Waals surface area contributed by atoms with Gasteiger partial charge in [0, 0.05) is 19.9 Å². The third-order valence-electron chi connectivity index (χ3n) is 4.68. The Morgan fingerprint density at radius 3 is 2.55 bits per heavy atom. The molecule has 2 atom stereocenters. The Balaban J connectivity index is 2.08. The maximum Gasteiger partial charge on any atom is 0.302 e. The van der Waals surface area contributed by atoms with Crippen LogP contribution in [0.25, 0.3) is 10.9 Å². The van der Waals surface area contributed by atoms with Crippen molar-refractivity contribution in [2.45, 2.75) is 44.9 Å². The number of hydrogen-bond donors (Lipinski definition) is 3. The first-order valence-corrected chi connectivity index (χ1v) is 9.24. The Morgan fingerprint density at radius 2 is 2.00 bits per heavy atom. The van der Waals surface area contributed by atoms with Gasteiger partial charge in [-0.2, -0.15) is 5.10 Å². The second kappa shape index (κ2) is 8.62. The minimum atomic E-state index is -0.661. The number of ether oxygens (including phenoxy) is 3. The Bertz CT molecular complexity index is 949. The van der Waals surface area contributed by atoms with Crippen LogP contribution < -0.4 is 11.3 Å². The van der Waals surface area contributed by atoms with E-state index < -0.39 is 29.6 Å². The molecule has 11 nitrogen and oxygen atoms in total. The molecule has 3 rings (SSSR count). The van der Waals surface area contributed by atoms with Gasteiger partial charge in [0.25, 0.3) is 5.56 Å². The Morgan fingerprint density at radius 1 is 1.34 bits per heavy atom. The fraction of sp³-hybridized carbons (Fsp3) is 0.556. The fourth-order valence-electron chi connectivity index (χ4n) is 3.36. The van der Waals surface area contributed by atoms with E-state index in [4.69, 9.17) is 19.9 Å². The summed E-state index contributed by atoms with van der Waals surface area (Å²) in [5.74, 6) is -1.52. The molecule has 3 heterocycles. The number of nitrogens with one attached hydrogen (secondary N) is 1. The summed E-state index contributed by atoms with van der Waals surface area (Å²) in [6.07, 6.45) is 0.417. The Kier molecular flexibility index (Phi) is 6.18. The molecule has 4 N–H and O–H groups in total. The fourth-order valence-corrected chi connectivity index (χ4v) is 3.36. The molecule has 2 aromatic rings. The van der Waals surface area contributed by atoms with Gasteiger partial charge in [0.2, 0.25) is 0 Å². The molecule has 0 aromatic carbocycles. The zero-order valence-corrected chi connectivity index (χ0v) is 16.2. The van der Waals surface area contributed by atoms with E-state index in [1.807, 2.05) is 0 Å². The van der Waals surface area contributed by atoms with Crippen LogP contribution in [0.3, 0.4) is 0 Å². The molecule has 1 fully saturated rings. The summed E-state index contributed by atoms with van der Waals surface area (Å²) in [5.41, 5.74) is 6.10. The van der Waals surface area contributed by atoms with Gasteiger partial charge in [-0.05, 0) is 12.8 Å². The Labute approximate surface area is 165 Å². The molecule has 0 spiro atoms. The van der Waals surface area contributed by atoms with Crippen molar-refractivity contribution in [3.05, 3.63) is 22.1 Å². The van der Waals surface area contributed by atoms with E-state index in [9.17, 15) is 19.5 Å². The summed E-state index contributed by atoms with van der Waals surface area (Å²) in [7, 11) is 0. The standard InChI is InChI=1S/C18H24N4O7/c1-9(24)27-7-11(8-28-10(2)25)17-16-13(5-14(19)20-18(16)26)22(21-17)15-4-3-12(6-23)29-15/h5,11-12,15,23H,3-4,6-8H2,1-2H3,(H3,19,20,26)/t12-,15+/m0/s1. The van der Waals surface area contributed by atoms with E-state index in [0.29, 0.717) is 24.1 Å². The molecule has 0 aliphatic carbocycles. The number of carbonyl (C=O) groups excluding carboxylic acids is 2. The van der Waals surface area contributed by atoms with Gasteiger partial charge in [0.05, 0.1) is 35.2 Å². The predicted molar refractivity (Wildman–Crippen MR) is 101 cm³/mol. The molecular formula is C18H24N4O7. The molecule has 2 aromatic heterocycles. The molecule has 0 unspecified atom stereocenters. The number of nitrogens with two attached hydrogens (primary N) is 1. The molecule has 29 heavy (non-hydrogen) atoms. The maximum atomic E-state index is 12.7. The lowest BCUT2D eigenvalue weighted by atomic mass is 10.0. The number of fused-ring (bicyclic) bond motifs is 1. The highest BCUT2D eigenvalue weighted by Crippen LogP contribution is 2.33. The number of carbonyl (C=O) groups is 2. The number of nitrogen functional groups attached to an aromatic ring is 1. The molecule has 11 heteroatoms. The lowest BCUT2D eigenvalue weighted by Crippen LogP contribution is -2.20. The Hall–Kier alpha value is -2.92. The van der Waals surface area contributed by atoms with E-state index in [2.05, 4.69) is 10.1 Å². The van der Waals surface area contributed by atoms with Crippen LogP contribution in [0.5, 0.6) is 0 Å². The van der Waals surface area contributed by atoms with Crippen molar-refractivity contribution in [3.63, 3.8) is 0 Å². The third kappa shape index (κ3) is 4.57. The van der Waals surface area contributed by atoms with Crippen molar-refractivity contribution < 1.29 is 28.9 Å². The topological polar surface area (TPSA) is 159 Å². The minimum Gasteiger partial charge on any atom is -0.465 e. The number of nitrogens with zero attached hydrogens (tertiary/aromatic N) is 2. The average molecular weight is 408 g/mol. The molecule has 158 valence electrons. The number of aliphatic hydroxyl groups excluding tert-OH is 1. The summed E-state index contributed by atoms with van der Waals surface area (Å²) in [4.78, 5) is 37.8. The number of esters is 2. The summed E-state index contributed by atoms with van der Waals surface area (Å²) in [6, 6.07) is 1.57. The van der Waals surface area contributed by atoms with E-state index >= 15 is 0 Å². The summed E-state index contributed by atoms with van der Waals surface area (Å²) in [6.45, 7) is 2.16. The summed E-state index contributed by atoms with van der Waals surface area (Å²) in [5, 5.41) is 14.1. The van der Waals surface area contributed by atoms with Crippen LogP contribution >= 0.6 is 0 Å². The first kappa shape index (κ1) is 20.8. The van der Waals surface area contributed by atoms with E-state index in [-0.39, 0.29) is 37.1 Å². The van der Waals surface area contributed by atoms with Crippen molar-refractivity contribution in [2.24, 2.45) is 0 Å². The lowest BCUT2D eigenvalue weighted by molar-refractivity contribution is -0.144. The smallest absolute Gasteiger partial charge is 0.302 e. The molecule has 1 saturated heterocycles. The summed E-state index contributed by atoms with van der Waals surface area (Å²) >= 11 is 0. The van der Waals surface area contributed by atoms with Gasteiger partial charge < -0.3 is 30.0 Å². The highest BCUT2D eigenvalue weighted by Gasteiger charge is 2.31. The first-order chi connectivity index (χ1) is 13.8. The highest BCUT2D eigenvalue weighted by atomic mass is 16.5. The van der Waals surface area contributed by atoms with Crippen molar-refractivity contribution in [1.29, 1.82) is 0 Å². The van der Waals surface area contributed by atoms with Crippen LogP contribution in [-0.4, -0.2) is 57.7 Å². The summed E-state index contributed by atoms with van der Waals surface area (Å²) < 4.78 is 17.5. The van der Waals surface area contributed by atoms with Crippen molar-refractivity contribution in [2.75, 3.05) is 25.6 Å². The van der Waals surface area contributed by atoms with Gasteiger partial charge in [0.1, 0.15) is 19.0 Å². The second-order valence-electron chi connectivity index (χ2n) is 6.92. The van der Waals surface area contributed by atoms with Crippen LogP contribution in [0.15, 0.2) is 10.9 Å². The number of H-pyrrole nitrogens is 1. The van der Waals surface area contributed by atoms with Gasteiger partial charge >= 0.3 is 11.9 Å². The van der Waals surface area contributed by atoms with Gasteiger partial charge in [-0.15, -0.1) is 0 Å². The SMILES string of the molecule is CC(=O)OCC(COC(C)=O)c1nn([C@H]2CC[C@@H](CO)O2)c2cc(N)[nH]c(=O)c12. The van der Waals surface area contributed by atoms with Crippen LogP contribution in [0.4, 0.5) is 5.82 Å². The van der Waals surface area contributed by atoms with Gasteiger partial charge in [-0.3, -0.25) is 14.4 Å². The largest absolute Gasteiger partial charge is 0.465 e. The molecule has 0 bridgehead atoms. The molecule has 1 aliphatic rings. The van der Waals surface area contributed by atoms with Crippen LogP contribution in [0.1, 0.15) is 44.5 Å². The average Bonchev–Trinajstić information content (AvgIpc) is 3.26. The van der Waals surface area contributed by atoms with Crippen molar-refractivity contribution in [3.8, 4) is 0 Å². The van der Waals surface area contributed by atoms with Crippen molar-refractivity contribution >= 4 is 28.7 Å². The number of rotatable bonds is 7. The number of anilines is 1. The number of aromatic amines is 1. The number of aromatic nitrogens is 3. The second-order valence-corrected chi connectivity index (χ2v) is 6.92. The van der Waals surface area contributed by atoms with Gasteiger partial charge in [-0.25, -0.2) is 4.68 Å². The van der Waals surface area contributed by atoms with E-state index in [0.717, 1.165) is 0 Å². The van der Waals surface area contributed by atoms with E-state index in [1.54, 1.807) is 10.7 Å². The normalized spacial score (nSPS) is 19.0. The quantitative estimate of drug-likeness (QED) is 0.543. The predicted octanol–water partition coefficient (Wildman–Crippen LogP) is 0.187. The third-order valence-corrected chi connectivity index (χ3v) is 4.68. The monoisotopic (exact) mass is 408 g/mol. The van der Waals surface area contributed by atoms with Crippen LogP contribution in [-0.2, 0) is 23.8 Å². The molecule has 0 amide bonds. The minimum absolute atomic E-state index is 0.118.